The number of ketones is 1. The topological polar surface area (TPSA) is 37.3 Å². The molecule has 0 unspecified atom stereocenters. The van der Waals surface area contributed by atoms with Crippen LogP contribution >= 0.6 is 15.9 Å². The molecule has 1 aromatic carbocycles. The van der Waals surface area contributed by atoms with Crippen molar-refractivity contribution < 1.29 is 9.90 Å². The van der Waals surface area contributed by atoms with Gasteiger partial charge in [0.2, 0.25) is 0 Å². The van der Waals surface area contributed by atoms with E-state index in [0.717, 1.165) is 4.47 Å². The molecule has 0 spiro atoms. The Morgan fingerprint density at radius 3 is 2.93 bits per heavy atom. The highest BCUT2D eigenvalue weighted by Crippen LogP contribution is 2.22. The fourth-order valence-corrected chi connectivity index (χ4v) is 1.34. The largest absolute Gasteiger partial charge is 0.507 e. The number of carbonyl (C=O) groups is 1. The van der Waals surface area contributed by atoms with Crippen molar-refractivity contribution in [3.05, 3.63) is 34.3 Å². The maximum atomic E-state index is 11.0. The molecule has 0 radical (unpaired) electrons. The van der Waals surface area contributed by atoms with Crippen LogP contribution in [-0.4, -0.2) is 10.9 Å². The summed E-state index contributed by atoms with van der Waals surface area (Å²) >= 11 is 3.29. The molecule has 14 heavy (non-hydrogen) atoms. The first-order valence-corrected chi connectivity index (χ1v) is 5.12. The third-order valence-corrected chi connectivity index (χ3v) is 2.28. The molecule has 0 atom stereocenters. The lowest BCUT2D eigenvalue weighted by Crippen LogP contribution is -1.86. The van der Waals surface area contributed by atoms with Gasteiger partial charge in [-0.15, -0.1) is 0 Å². The Hall–Kier alpha value is -1.09. The zero-order valence-corrected chi connectivity index (χ0v) is 9.41. The summed E-state index contributed by atoms with van der Waals surface area (Å²) in [6.45, 7) is 1.80. The van der Waals surface area contributed by atoms with Gasteiger partial charge >= 0.3 is 0 Å². The summed E-state index contributed by atoms with van der Waals surface area (Å²) < 4.78 is 0.874. The van der Waals surface area contributed by atoms with E-state index in [1.54, 1.807) is 31.2 Å². The van der Waals surface area contributed by atoms with Crippen molar-refractivity contribution in [2.24, 2.45) is 0 Å². The minimum absolute atomic E-state index is 0.0457. The Morgan fingerprint density at radius 2 is 2.29 bits per heavy atom. The number of allylic oxidation sites excluding steroid dienone is 1. The molecule has 1 N–H and O–H groups in total. The number of phenolic OH excluding ortho intramolecular Hbond substituents is 1. The van der Waals surface area contributed by atoms with Gasteiger partial charge < -0.3 is 5.11 Å². The van der Waals surface area contributed by atoms with Crippen LogP contribution in [-0.2, 0) is 4.79 Å². The number of aromatic hydroxyl groups is 1. The van der Waals surface area contributed by atoms with Gasteiger partial charge in [0.1, 0.15) is 5.75 Å². The summed E-state index contributed by atoms with van der Waals surface area (Å²) in [5, 5.41) is 9.44. The molecule has 0 saturated heterocycles. The number of phenols is 1. The van der Waals surface area contributed by atoms with E-state index < -0.39 is 0 Å². The van der Waals surface area contributed by atoms with E-state index in [1.165, 1.54) is 6.08 Å². The predicted octanol–water partition coefficient (Wildman–Crippen LogP) is 3.15. The van der Waals surface area contributed by atoms with E-state index >= 15 is 0 Å². The zero-order valence-electron chi connectivity index (χ0n) is 7.83. The van der Waals surface area contributed by atoms with Crippen LogP contribution in [0.2, 0.25) is 0 Å². The Bertz CT molecular complexity index is 370. The van der Waals surface area contributed by atoms with Crippen LogP contribution in [0.1, 0.15) is 18.9 Å². The van der Waals surface area contributed by atoms with E-state index in [1.807, 2.05) is 0 Å². The molecule has 3 heteroatoms. The molecule has 1 aromatic rings. The molecular formula is C11H11BrO2. The van der Waals surface area contributed by atoms with E-state index in [-0.39, 0.29) is 11.5 Å². The molecule has 2 nitrogen and oxygen atoms in total. The first kappa shape index (κ1) is 11.0. The second kappa shape index (κ2) is 4.96. The van der Waals surface area contributed by atoms with Gasteiger partial charge in [0, 0.05) is 16.5 Å². The summed E-state index contributed by atoms with van der Waals surface area (Å²) in [6, 6.07) is 5.09. The highest BCUT2D eigenvalue weighted by Gasteiger charge is 1.98. The average molecular weight is 255 g/mol. The Balaban J connectivity index is 2.90. The standard InChI is InChI=1S/C11H11BrO2/c1-2-10(13)5-3-8-7-9(12)4-6-11(8)14/h3-7,14H,2H2,1H3/b5-3+. The SMILES string of the molecule is CCC(=O)/C=C/c1cc(Br)ccc1O. The lowest BCUT2D eigenvalue weighted by molar-refractivity contribution is -0.114. The molecule has 0 aliphatic carbocycles. The van der Waals surface area contributed by atoms with Gasteiger partial charge in [0.05, 0.1) is 0 Å². The van der Waals surface area contributed by atoms with Crippen LogP contribution in [0.25, 0.3) is 6.08 Å². The molecule has 1 rings (SSSR count). The molecule has 0 saturated carbocycles. The summed E-state index contributed by atoms with van der Waals surface area (Å²) in [6.07, 6.45) is 3.57. The first-order chi connectivity index (χ1) is 6.63. The number of rotatable bonds is 3. The zero-order chi connectivity index (χ0) is 10.6. The van der Waals surface area contributed by atoms with E-state index in [4.69, 9.17) is 0 Å². The van der Waals surface area contributed by atoms with Crippen molar-refractivity contribution in [3.63, 3.8) is 0 Å². The minimum Gasteiger partial charge on any atom is -0.507 e. The monoisotopic (exact) mass is 254 g/mol. The van der Waals surface area contributed by atoms with Crippen molar-refractivity contribution in [3.8, 4) is 5.75 Å². The molecule has 0 aliphatic rings. The fourth-order valence-electron chi connectivity index (χ4n) is 0.959. The highest BCUT2D eigenvalue weighted by atomic mass is 79.9. The maximum absolute atomic E-state index is 11.0. The van der Waals surface area contributed by atoms with Gasteiger partial charge in [-0.2, -0.15) is 0 Å². The number of hydrogen-bond donors (Lipinski definition) is 1. The summed E-state index contributed by atoms with van der Waals surface area (Å²) in [7, 11) is 0. The maximum Gasteiger partial charge on any atom is 0.155 e. The van der Waals surface area contributed by atoms with Crippen LogP contribution in [0.3, 0.4) is 0 Å². The van der Waals surface area contributed by atoms with Crippen molar-refractivity contribution in [1.29, 1.82) is 0 Å². The van der Waals surface area contributed by atoms with Crippen molar-refractivity contribution in [2.45, 2.75) is 13.3 Å². The quantitative estimate of drug-likeness (QED) is 0.842. The summed E-state index contributed by atoms with van der Waals surface area (Å²) in [5.74, 6) is 0.220. The fraction of sp³-hybridized carbons (Fsp3) is 0.182. The molecule has 0 fully saturated rings. The van der Waals surface area contributed by atoms with Gasteiger partial charge in [-0.1, -0.05) is 22.9 Å². The lowest BCUT2D eigenvalue weighted by atomic mass is 10.1. The van der Waals surface area contributed by atoms with Gasteiger partial charge in [0.25, 0.3) is 0 Å². The third-order valence-electron chi connectivity index (χ3n) is 1.79. The average Bonchev–Trinajstić information content (AvgIpc) is 2.19. The van der Waals surface area contributed by atoms with Gasteiger partial charge in [0.15, 0.2) is 5.78 Å². The molecule has 0 aromatic heterocycles. The normalized spacial score (nSPS) is 10.7. The van der Waals surface area contributed by atoms with E-state index in [2.05, 4.69) is 15.9 Å². The highest BCUT2D eigenvalue weighted by molar-refractivity contribution is 9.10. The number of hydrogen-bond acceptors (Lipinski definition) is 2. The van der Waals surface area contributed by atoms with Crippen molar-refractivity contribution >= 4 is 27.8 Å². The van der Waals surface area contributed by atoms with Gasteiger partial charge in [-0.05, 0) is 30.4 Å². The van der Waals surface area contributed by atoms with Crippen LogP contribution in [0.5, 0.6) is 5.75 Å². The first-order valence-electron chi connectivity index (χ1n) is 4.33. The van der Waals surface area contributed by atoms with Crippen LogP contribution < -0.4 is 0 Å². The second-order valence-electron chi connectivity index (χ2n) is 2.86. The second-order valence-corrected chi connectivity index (χ2v) is 3.77. The van der Waals surface area contributed by atoms with E-state index in [0.29, 0.717) is 12.0 Å². The van der Waals surface area contributed by atoms with Crippen LogP contribution in [0.15, 0.2) is 28.7 Å². The minimum atomic E-state index is 0.0457. The molecule has 0 bridgehead atoms. The molecule has 0 aliphatic heterocycles. The molecule has 0 heterocycles. The van der Waals surface area contributed by atoms with E-state index in [9.17, 15) is 9.90 Å². The Labute approximate surface area is 91.4 Å². The summed E-state index contributed by atoms with van der Waals surface area (Å²) in [5.41, 5.74) is 0.640. The molecule has 74 valence electrons. The number of carbonyl (C=O) groups excluding carboxylic acids is 1. The van der Waals surface area contributed by atoms with Crippen molar-refractivity contribution in [1.82, 2.24) is 0 Å². The third kappa shape index (κ3) is 3.00. The van der Waals surface area contributed by atoms with Crippen molar-refractivity contribution in [2.75, 3.05) is 0 Å². The summed E-state index contributed by atoms with van der Waals surface area (Å²) in [4.78, 5) is 11.0. The van der Waals surface area contributed by atoms with Crippen LogP contribution in [0, 0.1) is 0 Å². The number of halogens is 1. The predicted molar refractivity (Wildman–Crippen MR) is 60.1 cm³/mol. The molecular weight excluding hydrogens is 244 g/mol. The lowest BCUT2D eigenvalue weighted by Gasteiger charge is -1.98. The van der Waals surface area contributed by atoms with Crippen LogP contribution in [0.4, 0.5) is 0 Å². The smallest absolute Gasteiger partial charge is 0.155 e. The Morgan fingerprint density at radius 1 is 1.57 bits per heavy atom. The van der Waals surface area contributed by atoms with Gasteiger partial charge in [-0.3, -0.25) is 4.79 Å². The number of benzene rings is 1. The molecule has 0 amide bonds. The van der Waals surface area contributed by atoms with Gasteiger partial charge in [-0.25, -0.2) is 0 Å². The Kier molecular flexibility index (Phi) is 3.89.